The molecule has 1 rings (SSSR count). The van der Waals surface area contributed by atoms with Crippen LogP contribution in [-0.2, 0) is 7.05 Å². The number of aromatic nitrogens is 2. The van der Waals surface area contributed by atoms with Crippen LogP contribution in [0.4, 0.5) is 0 Å². The van der Waals surface area contributed by atoms with E-state index in [9.17, 15) is 0 Å². The molecule has 4 heteroatoms. The Balaban J connectivity index is 2.84. The van der Waals surface area contributed by atoms with Gasteiger partial charge in [0.2, 0.25) is 0 Å². The number of nitrogens with one attached hydrogen (secondary N) is 1. The zero-order chi connectivity index (χ0) is 11.4. The van der Waals surface area contributed by atoms with Crippen molar-refractivity contribution in [3.8, 4) is 12.3 Å². The lowest BCUT2D eigenvalue weighted by atomic mass is 10.1. The van der Waals surface area contributed by atoms with Gasteiger partial charge in [0, 0.05) is 30.9 Å². The van der Waals surface area contributed by atoms with Gasteiger partial charge in [-0.3, -0.25) is 10.00 Å². The minimum Gasteiger partial charge on any atom is -0.329 e. The van der Waals surface area contributed by atoms with Crippen molar-refractivity contribution in [1.82, 2.24) is 15.1 Å². The Morgan fingerprint density at radius 3 is 2.80 bits per heavy atom. The summed E-state index contributed by atoms with van der Waals surface area (Å²) in [5, 5.41) is 7.46. The molecule has 1 aromatic heterocycles. The molecule has 1 heterocycles. The average Bonchev–Trinajstić information content (AvgIpc) is 2.56. The van der Waals surface area contributed by atoms with Crippen LogP contribution < -0.4 is 11.1 Å². The van der Waals surface area contributed by atoms with Gasteiger partial charge in [-0.2, -0.15) is 5.10 Å². The molecule has 0 fully saturated rings. The van der Waals surface area contributed by atoms with Crippen molar-refractivity contribution in [2.75, 3.05) is 6.54 Å². The van der Waals surface area contributed by atoms with E-state index in [1.54, 1.807) is 0 Å². The Bertz CT molecular complexity index is 361. The van der Waals surface area contributed by atoms with Crippen molar-refractivity contribution < 1.29 is 0 Å². The largest absolute Gasteiger partial charge is 0.329 e. The standard InChI is InChI=1S/C11H18N4/c1-5-8(2)14-11(6-12)10-7-13-15(4)9(10)3/h1,7-8,11,14H,6,12H2,2-4H3. The molecule has 3 N–H and O–H groups in total. The molecule has 0 amide bonds. The fourth-order valence-corrected chi connectivity index (χ4v) is 1.49. The van der Waals surface area contributed by atoms with E-state index in [1.165, 1.54) is 0 Å². The zero-order valence-corrected chi connectivity index (χ0v) is 9.49. The molecule has 4 nitrogen and oxygen atoms in total. The highest BCUT2D eigenvalue weighted by Crippen LogP contribution is 2.15. The fraction of sp³-hybridized carbons (Fsp3) is 0.545. The van der Waals surface area contributed by atoms with Gasteiger partial charge in [-0.25, -0.2) is 0 Å². The molecular formula is C11H18N4. The van der Waals surface area contributed by atoms with Gasteiger partial charge in [-0.05, 0) is 13.8 Å². The van der Waals surface area contributed by atoms with Gasteiger partial charge in [-0.15, -0.1) is 6.42 Å². The second-order valence-corrected chi connectivity index (χ2v) is 3.65. The molecule has 2 atom stereocenters. The molecule has 1 aromatic rings. The number of rotatable bonds is 4. The first-order chi connectivity index (χ1) is 7.10. The minimum absolute atomic E-state index is 0.0122. The highest BCUT2D eigenvalue weighted by Gasteiger charge is 2.16. The number of terminal acetylenes is 1. The Kier molecular flexibility index (Phi) is 3.89. The molecule has 0 saturated carbocycles. The summed E-state index contributed by atoms with van der Waals surface area (Å²) in [5.74, 6) is 2.63. The van der Waals surface area contributed by atoms with E-state index in [0.717, 1.165) is 11.3 Å². The third-order valence-corrected chi connectivity index (χ3v) is 2.59. The molecule has 0 spiro atoms. The second kappa shape index (κ2) is 4.96. The van der Waals surface area contributed by atoms with E-state index in [4.69, 9.17) is 12.2 Å². The summed E-state index contributed by atoms with van der Waals surface area (Å²) in [6.07, 6.45) is 7.16. The van der Waals surface area contributed by atoms with Crippen LogP contribution in [-0.4, -0.2) is 22.4 Å². The van der Waals surface area contributed by atoms with Gasteiger partial charge in [0.25, 0.3) is 0 Å². The average molecular weight is 206 g/mol. The van der Waals surface area contributed by atoms with Crippen LogP contribution in [0, 0.1) is 19.3 Å². The van der Waals surface area contributed by atoms with Crippen molar-refractivity contribution in [2.24, 2.45) is 12.8 Å². The lowest BCUT2D eigenvalue weighted by molar-refractivity contribution is 0.515. The maximum Gasteiger partial charge on any atom is 0.0663 e. The summed E-state index contributed by atoms with van der Waals surface area (Å²) in [4.78, 5) is 0. The number of hydrogen-bond acceptors (Lipinski definition) is 3. The van der Waals surface area contributed by atoms with Crippen LogP contribution in [0.5, 0.6) is 0 Å². The molecular weight excluding hydrogens is 188 g/mol. The smallest absolute Gasteiger partial charge is 0.0663 e. The first kappa shape index (κ1) is 11.8. The molecule has 0 aromatic carbocycles. The van der Waals surface area contributed by atoms with E-state index < -0.39 is 0 Å². The normalized spacial score (nSPS) is 14.6. The van der Waals surface area contributed by atoms with E-state index in [-0.39, 0.29) is 12.1 Å². The summed E-state index contributed by atoms with van der Waals surface area (Å²) in [7, 11) is 1.91. The van der Waals surface area contributed by atoms with Crippen LogP contribution >= 0.6 is 0 Å². The number of nitrogens with two attached hydrogens (primary N) is 1. The minimum atomic E-state index is 0.0122. The first-order valence-electron chi connectivity index (χ1n) is 5.00. The van der Waals surface area contributed by atoms with Crippen molar-refractivity contribution in [3.63, 3.8) is 0 Å². The molecule has 0 saturated heterocycles. The highest BCUT2D eigenvalue weighted by molar-refractivity contribution is 5.21. The van der Waals surface area contributed by atoms with Crippen LogP contribution in [0.2, 0.25) is 0 Å². The highest BCUT2D eigenvalue weighted by atomic mass is 15.3. The summed E-state index contributed by atoms with van der Waals surface area (Å²) in [5.41, 5.74) is 7.94. The van der Waals surface area contributed by atoms with E-state index >= 15 is 0 Å². The molecule has 2 unspecified atom stereocenters. The number of hydrogen-bond donors (Lipinski definition) is 2. The summed E-state index contributed by atoms with van der Waals surface area (Å²) < 4.78 is 1.83. The molecule has 0 radical (unpaired) electrons. The molecule has 0 bridgehead atoms. The third kappa shape index (κ3) is 2.58. The quantitative estimate of drug-likeness (QED) is 0.698. The van der Waals surface area contributed by atoms with E-state index in [2.05, 4.69) is 16.3 Å². The van der Waals surface area contributed by atoms with Crippen molar-refractivity contribution in [2.45, 2.75) is 25.9 Å². The van der Waals surface area contributed by atoms with Gasteiger partial charge in [-0.1, -0.05) is 5.92 Å². The lowest BCUT2D eigenvalue weighted by Gasteiger charge is -2.18. The Hall–Kier alpha value is -1.31. The summed E-state index contributed by atoms with van der Waals surface area (Å²) in [6.45, 7) is 4.47. The van der Waals surface area contributed by atoms with Gasteiger partial charge in [0.05, 0.1) is 12.2 Å². The SMILES string of the molecule is C#CC(C)NC(CN)c1cnn(C)c1C. The van der Waals surface area contributed by atoms with Crippen LogP contribution in [0.15, 0.2) is 6.20 Å². The molecule has 0 aliphatic heterocycles. The Morgan fingerprint density at radius 2 is 2.40 bits per heavy atom. The first-order valence-corrected chi connectivity index (χ1v) is 5.00. The zero-order valence-electron chi connectivity index (χ0n) is 9.49. The monoisotopic (exact) mass is 206 g/mol. The molecule has 0 aliphatic carbocycles. The maximum atomic E-state index is 5.72. The van der Waals surface area contributed by atoms with Crippen LogP contribution in [0.1, 0.15) is 24.2 Å². The fourth-order valence-electron chi connectivity index (χ4n) is 1.49. The predicted molar refractivity (Wildman–Crippen MR) is 61.2 cm³/mol. The number of nitrogens with zero attached hydrogens (tertiary/aromatic N) is 2. The van der Waals surface area contributed by atoms with Gasteiger partial charge >= 0.3 is 0 Å². The van der Waals surface area contributed by atoms with Crippen molar-refractivity contribution >= 4 is 0 Å². The van der Waals surface area contributed by atoms with Gasteiger partial charge in [0.1, 0.15) is 0 Å². The number of aryl methyl sites for hydroxylation is 1. The Labute approximate surface area is 90.8 Å². The van der Waals surface area contributed by atoms with E-state index in [1.807, 2.05) is 31.8 Å². The van der Waals surface area contributed by atoms with Gasteiger partial charge in [0.15, 0.2) is 0 Å². The summed E-state index contributed by atoms with van der Waals surface area (Å²) >= 11 is 0. The van der Waals surface area contributed by atoms with E-state index in [0.29, 0.717) is 6.54 Å². The second-order valence-electron chi connectivity index (χ2n) is 3.65. The molecule has 15 heavy (non-hydrogen) atoms. The van der Waals surface area contributed by atoms with Crippen LogP contribution in [0.25, 0.3) is 0 Å². The summed E-state index contributed by atoms with van der Waals surface area (Å²) in [6, 6.07) is 0.0860. The van der Waals surface area contributed by atoms with Gasteiger partial charge < -0.3 is 5.73 Å². The maximum absolute atomic E-state index is 5.72. The molecule has 0 aliphatic rings. The van der Waals surface area contributed by atoms with Crippen molar-refractivity contribution in [1.29, 1.82) is 0 Å². The lowest BCUT2D eigenvalue weighted by Crippen LogP contribution is -2.34. The third-order valence-electron chi connectivity index (χ3n) is 2.59. The Morgan fingerprint density at radius 1 is 1.73 bits per heavy atom. The topological polar surface area (TPSA) is 55.9 Å². The predicted octanol–water partition coefficient (Wildman–Crippen LogP) is 0.340. The van der Waals surface area contributed by atoms with Crippen LogP contribution in [0.3, 0.4) is 0 Å². The molecule has 82 valence electrons. The van der Waals surface area contributed by atoms with Crippen molar-refractivity contribution in [3.05, 3.63) is 17.5 Å².